The molecule has 0 aliphatic carbocycles. The summed E-state index contributed by atoms with van der Waals surface area (Å²) >= 11 is 0. The molecule has 0 unspecified atom stereocenters. The van der Waals surface area contributed by atoms with E-state index in [4.69, 9.17) is 4.74 Å². The van der Waals surface area contributed by atoms with Crippen molar-refractivity contribution in [3.63, 3.8) is 0 Å². The van der Waals surface area contributed by atoms with Crippen molar-refractivity contribution in [1.82, 2.24) is 9.88 Å². The number of hydrogen-bond donors (Lipinski definition) is 0. The highest BCUT2D eigenvalue weighted by molar-refractivity contribution is 5.73. The number of pyridine rings is 1. The van der Waals surface area contributed by atoms with E-state index in [9.17, 15) is 18.0 Å². The Hall–Kier alpha value is -2.41. The first-order valence-corrected chi connectivity index (χ1v) is 8.31. The number of benzene rings is 1. The van der Waals surface area contributed by atoms with Crippen LogP contribution < -0.4 is 0 Å². The summed E-state index contributed by atoms with van der Waals surface area (Å²) in [6.45, 7) is 3.00. The number of rotatable bonds is 3. The molecule has 138 valence electrons. The van der Waals surface area contributed by atoms with Gasteiger partial charge in [0.15, 0.2) is 0 Å². The zero-order valence-corrected chi connectivity index (χ0v) is 14.3. The lowest BCUT2D eigenvalue weighted by atomic mass is 10.0. The number of aromatic nitrogens is 1. The number of alkyl halides is 3. The molecule has 1 amide bonds. The molecule has 3 rings (SSSR count). The van der Waals surface area contributed by atoms with E-state index in [1.807, 2.05) is 6.07 Å². The monoisotopic (exact) mass is 364 g/mol. The molecule has 1 aliphatic heterocycles. The minimum absolute atomic E-state index is 0.000494. The second-order valence-electron chi connectivity index (χ2n) is 6.29. The summed E-state index contributed by atoms with van der Waals surface area (Å²) in [6.07, 6.45) is -2.62. The Morgan fingerprint density at radius 1 is 1.27 bits per heavy atom. The van der Waals surface area contributed by atoms with Gasteiger partial charge in [-0.2, -0.15) is 13.2 Å². The Bertz CT molecular complexity index is 775. The molecule has 26 heavy (non-hydrogen) atoms. The SMILES string of the molecule is CC(=O)N1CCO[C@@H](c2ccc(Cc3cccc(C(F)(F)F)c3)cn2)C1. The predicted octanol–water partition coefficient (Wildman–Crippen LogP) is 3.61. The number of ether oxygens (including phenoxy) is 1. The van der Waals surface area contributed by atoms with E-state index in [1.165, 1.54) is 13.0 Å². The lowest BCUT2D eigenvalue weighted by Gasteiger charge is -2.32. The van der Waals surface area contributed by atoms with Gasteiger partial charge in [0.05, 0.1) is 24.4 Å². The average molecular weight is 364 g/mol. The summed E-state index contributed by atoms with van der Waals surface area (Å²) in [7, 11) is 0. The van der Waals surface area contributed by atoms with Gasteiger partial charge < -0.3 is 9.64 Å². The van der Waals surface area contributed by atoms with Gasteiger partial charge in [0.25, 0.3) is 0 Å². The molecule has 1 aromatic heterocycles. The lowest BCUT2D eigenvalue weighted by molar-refractivity contribution is -0.138. The molecular weight excluding hydrogens is 345 g/mol. The summed E-state index contributed by atoms with van der Waals surface area (Å²) in [4.78, 5) is 17.6. The van der Waals surface area contributed by atoms with Crippen LogP contribution in [0.1, 0.15) is 35.4 Å². The average Bonchev–Trinajstić information content (AvgIpc) is 2.62. The van der Waals surface area contributed by atoms with Crippen LogP contribution in [0.4, 0.5) is 13.2 Å². The Labute approximate surface area is 149 Å². The molecule has 7 heteroatoms. The van der Waals surface area contributed by atoms with Gasteiger partial charge in [0.1, 0.15) is 6.10 Å². The van der Waals surface area contributed by atoms with Gasteiger partial charge in [-0.3, -0.25) is 9.78 Å². The molecule has 0 radical (unpaired) electrons. The Kier molecular flexibility index (Phi) is 5.27. The van der Waals surface area contributed by atoms with Gasteiger partial charge in [0.2, 0.25) is 5.91 Å². The molecule has 0 spiro atoms. The van der Waals surface area contributed by atoms with Gasteiger partial charge in [-0.15, -0.1) is 0 Å². The van der Waals surface area contributed by atoms with Crippen LogP contribution >= 0.6 is 0 Å². The molecule has 1 saturated heterocycles. The van der Waals surface area contributed by atoms with Gasteiger partial charge in [-0.05, 0) is 29.7 Å². The second kappa shape index (κ2) is 7.45. The van der Waals surface area contributed by atoms with Crippen molar-refractivity contribution >= 4 is 5.91 Å². The first-order chi connectivity index (χ1) is 12.3. The molecule has 2 heterocycles. The molecular formula is C19H19F3N2O2. The third kappa shape index (κ3) is 4.40. The fourth-order valence-corrected chi connectivity index (χ4v) is 2.94. The van der Waals surface area contributed by atoms with Crippen LogP contribution in [0, 0.1) is 0 Å². The Morgan fingerprint density at radius 2 is 2.08 bits per heavy atom. The van der Waals surface area contributed by atoms with Crippen LogP contribution in [0.25, 0.3) is 0 Å². The number of morpholine rings is 1. The summed E-state index contributed by atoms with van der Waals surface area (Å²) < 4.78 is 44.1. The molecule has 4 nitrogen and oxygen atoms in total. The van der Waals surface area contributed by atoms with E-state index in [-0.39, 0.29) is 12.0 Å². The van der Waals surface area contributed by atoms with Crippen LogP contribution in [0.2, 0.25) is 0 Å². The second-order valence-corrected chi connectivity index (χ2v) is 6.29. The fourth-order valence-electron chi connectivity index (χ4n) is 2.94. The summed E-state index contributed by atoms with van der Waals surface area (Å²) in [5, 5.41) is 0. The van der Waals surface area contributed by atoms with Crippen molar-refractivity contribution in [2.45, 2.75) is 25.6 Å². The molecule has 0 N–H and O–H groups in total. The van der Waals surface area contributed by atoms with E-state index < -0.39 is 11.7 Å². The van der Waals surface area contributed by atoms with E-state index >= 15 is 0 Å². The highest BCUT2D eigenvalue weighted by Gasteiger charge is 2.30. The van der Waals surface area contributed by atoms with Crippen LogP contribution in [0.3, 0.4) is 0 Å². The van der Waals surface area contributed by atoms with Gasteiger partial charge in [-0.1, -0.05) is 24.3 Å². The van der Waals surface area contributed by atoms with E-state index in [0.29, 0.717) is 37.4 Å². The highest BCUT2D eigenvalue weighted by atomic mass is 19.4. The molecule has 1 aliphatic rings. The zero-order valence-electron chi connectivity index (χ0n) is 14.3. The lowest BCUT2D eigenvalue weighted by Crippen LogP contribution is -2.41. The number of carbonyl (C=O) groups is 1. The van der Waals surface area contributed by atoms with Crippen molar-refractivity contribution < 1.29 is 22.7 Å². The molecule has 1 atom stereocenters. The first-order valence-electron chi connectivity index (χ1n) is 8.31. The summed E-state index contributed by atoms with van der Waals surface area (Å²) in [5.41, 5.74) is 1.45. The van der Waals surface area contributed by atoms with Crippen molar-refractivity contribution in [2.75, 3.05) is 19.7 Å². The molecule has 0 bridgehead atoms. The quantitative estimate of drug-likeness (QED) is 0.836. The normalized spacial score (nSPS) is 18.0. The minimum atomic E-state index is -4.35. The number of carbonyl (C=O) groups excluding carboxylic acids is 1. The van der Waals surface area contributed by atoms with E-state index in [2.05, 4.69) is 4.98 Å². The predicted molar refractivity (Wildman–Crippen MR) is 89.4 cm³/mol. The molecule has 1 fully saturated rings. The minimum Gasteiger partial charge on any atom is -0.368 e. The zero-order chi connectivity index (χ0) is 18.7. The van der Waals surface area contributed by atoms with Gasteiger partial charge in [0, 0.05) is 19.7 Å². The van der Waals surface area contributed by atoms with E-state index in [1.54, 1.807) is 23.2 Å². The van der Waals surface area contributed by atoms with Crippen LogP contribution in [-0.4, -0.2) is 35.5 Å². The fraction of sp³-hybridized carbons (Fsp3) is 0.368. The third-order valence-corrected chi connectivity index (χ3v) is 4.35. The standard InChI is InChI=1S/C19H19F3N2O2/c1-13(25)24-7-8-26-18(12-24)17-6-5-15(11-23-17)9-14-3-2-4-16(10-14)19(20,21)22/h2-6,10-11,18H,7-9,12H2,1H3/t18-/m1/s1. The molecule has 0 saturated carbocycles. The Morgan fingerprint density at radius 3 is 2.73 bits per heavy atom. The topological polar surface area (TPSA) is 42.4 Å². The van der Waals surface area contributed by atoms with Crippen molar-refractivity contribution in [1.29, 1.82) is 0 Å². The maximum atomic E-state index is 12.8. The van der Waals surface area contributed by atoms with Crippen molar-refractivity contribution in [3.05, 3.63) is 65.0 Å². The van der Waals surface area contributed by atoms with Crippen LogP contribution in [-0.2, 0) is 22.1 Å². The van der Waals surface area contributed by atoms with Crippen molar-refractivity contribution in [3.8, 4) is 0 Å². The van der Waals surface area contributed by atoms with Crippen molar-refractivity contribution in [2.24, 2.45) is 0 Å². The maximum Gasteiger partial charge on any atom is 0.416 e. The van der Waals surface area contributed by atoms with Crippen LogP contribution in [0.5, 0.6) is 0 Å². The van der Waals surface area contributed by atoms with E-state index in [0.717, 1.165) is 17.7 Å². The summed E-state index contributed by atoms with van der Waals surface area (Å²) in [6, 6.07) is 8.93. The van der Waals surface area contributed by atoms with Gasteiger partial charge in [-0.25, -0.2) is 0 Å². The number of amides is 1. The Balaban J connectivity index is 1.69. The highest BCUT2D eigenvalue weighted by Crippen LogP contribution is 2.30. The maximum absolute atomic E-state index is 12.8. The number of nitrogens with zero attached hydrogens (tertiary/aromatic N) is 2. The first kappa shape index (κ1) is 18.4. The largest absolute Gasteiger partial charge is 0.416 e. The third-order valence-electron chi connectivity index (χ3n) is 4.35. The number of hydrogen-bond acceptors (Lipinski definition) is 3. The summed E-state index contributed by atoms with van der Waals surface area (Å²) in [5.74, 6) is -0.000494. The van der Waals surface area contributed by atoms with Crippen LogP contribution in [0.15, 0.2) is 42.6 Å². The molecule has 2 aromatic rings. The van der Waals surface area contributed by atoms with Gasteiger partial charge >= 0.3 is 6.18 Å². The molecule has 1 aromatic carbocycles. The number of halogens is 3. The smallest absolute Gasteiger partial charge is 0.368 e.